The van der Waals surface area contributed by atoms with Gasteiger partial charge in [-0.2, -0.15) is 8.78 Å². The van der Waals surface area contributed by atoms with Gasteiger partial charge in [-0.3, -0.25) is 0 Å². The Morgan fingerprint density at radius 2 is 1.76 bits per heavy atom. The van der Waals surface area contributed by atoms with Gasteiger partial charge in [0.1, 0.15) is 0 Å². The fourth-order valence-corrected chi connectivity index (χ4v) is 2.73. The van der Waals surface area contributed by atoms with Crippen LogP contribution < -0.4 is 0 Å². The van der Waals surface area contributed by atoms with Gasteiger partial charge in [-0.15, -0.1) is 0 Å². The van der Waals surface area contributed by atoms with E-state index in [2.05, 4.69) is 0 Å². The van der Waals surface area contributed by atoms with Crippen LogP contribution in [0.15, 0.2) is 30.3 Å². The molecule has 0 fully saturated rings. The smallest absolute Gasteiger partial charge is 0.339 e. The number of rotatable bonds is 8. The van der Waals surface area contributed by atoms with E-state index in [1.165, 1.54) is 30.3 Å². The molecule has 0 radical (unpaired) electrons. The van der Waals surface area contributed by atoms with Crippen LogP contribution in [0.1, 0.15) is 25.0 Å². The Labute approximate surface area is 123 Å². The van der Waals surface area contributed by atoms with Crippen LogP contribution in [0.25, 0.3) is 6.08 Å². The molecule has 0 bridgehead atoms. The normalized spacial score (nSPS) is 12.2. The Balaban J connectivity index is 2.94. The van der Waals surface area contributed by atoms with Crippen molar-refractivity contribution < 1.29 is 27.7 Å². The zero-order chi connectivity index (χ0) is 15.9. The van der Waals surface area contributed by atoms with Gasteiger partial charge in [0.05, 0.1) is 13.2 Å². The number of hydrogen-bond donors (Lipinski definition) is 1. The van der Waals surface area contributed by atoms with Crippen LogP contribution in [-0.2, 0) is 19.5 Å². The molecular formula is C14H17F2O4P. The average Bonchev–Trinajstić information content (AvgIpc) is 2.45. The van der Waals surface area contributed by atoms with Gasteiger partial charge in [-0.1, -0.05) is 24.3 Å². The maximum absolute atomic E-state index is 14.3. The first kappa shape index (κ1) is 17.7. The molecule has 1 aromatic rings. The van der Waals surface area contributed by atoms with Crippen molar-refractivity contribution >= 4 is 20.4 Å². The summed E-state index contributed by atoms with van der Waals surface area (Å²) in [7, 11) is -2.35. The van der Waals surface area contributed by atoms with Crippen molar-refractivity contribution in [2.75, 3.05) is 13.2 Å². The lowest BCUT2D eigenvalue weighted by molar-refractivity contribution is -0.131. The standard InChI is InChI=1S/C14H17F2O4P/c1-3-19-21(20-4-2)14(15,16)12-8-5-11(6-9-12)7-10-13(17)18/h5-10H,3-4H2,1-2H3,(H,17,18)/b10-7+. The van der Waals surface area contributed by atoms with Gasteiger partial charge in [-0.25, -0.2) is 4.79 Å². The van der Waals surface area contributed by atoms with E-state index in [-0.39, 0.29) is 18.8 Å². The minimum Gasteiger partial charge on any atom is -0.478 e. The summed E-state index contributed by atoms with van der Waals surface area (Å²) >= 11 is 0. The van der Waals surface area contributed by atoms with Crippen LogP contribution in [-0.4, -0.2) is 24.3 Å². The molecule has 0 spiro atoms. The maximum Gasteiger partial charge on any atom is 0.339 e. The van der Waals surface area contributed by atoms with E-state index in [4.69, 9.17) is 14.2 Å². The number of carboxylic acid groups (broad SMARTS) is 1. The first-order valence-electron chi connectivity index (χ1n) is 6.37. The van der Waals surface area contributed by atoms with E-state index in [0.717, 1.165) is 6.08 Å². The van der Waals surface area contributed by atoms with Gasteiger partial charge in [-0.05, 0) is 25.5 Å². The molecule has 116 valence electrons. The first-order chi connectivity index (χ1) is 9.91. The topological polar surface area (TPSA) is 55.8 Å². The van der Waals surface area contributed by atoms with E-state index < -0.39 is 20.0 Å². The molecule has 0 atom stereocenters. The fraction of sp³-hybridized carbons (Fsp3) is 0.357. The van der Waals surface area contributed by atoms with E-state index in [0.29, 0.717) is 5.56 Å². The number of benzene rings is 1. The highest BCUT2D eigenvalue weighted by molar-refractivity contribution is 7.48. The van der Waals surface area contributed by atoms with Crippen molar-refractivity contribution in [3.05, 3.63) is 41.5 Å². The third-order valence-electron chi connectivity index (χ3n) is 2.40. The van der Waals surface area contributed by atoms with Gasteiger partial charge in [0, 0.05) is 11.6 Å². The van der Waals surface area contributed by atoms with Crippen molar-refractivity contribution in [1.82, 2.24) is 0 Å². The van der Waals surface area contributed by atoms with Crippen LogP contribution in [0.5, 0.6) is 0 Å². The summed E-state index contributed by atoms with van der Waals surface area (Å²) in [6.45, 7) is 3.54. The molecule has 0 aliphatic rings. The van der Waals surface area contributed by atoms with Crippen molar-refractivity contribution in [2.24, 2.45) is 0 Å². The highest BCUT2D eigenvalue weighted by atomic mass is 31.2. The van der Waals surface area contributed by atoms with E-state index in [1.54, 1.807) is 13.8 Å². The summed E-state index contributed by atoms with van der Waals surface area (Å²) < 4.78 is 38.6. The second kappa shape index (κ2) is 8.17. The summed E-state index contributed by atoms with van der Waals surface area (Å²) in [6.07, 6.45) is 2.28. The fourth-order valence-electron chi connectivity index (χ4n) is 1.50. The number of carboxylic acids is 1. The Bertz CT molecular complexity index is 482. The monoisotopic (exact) mass is 318 g/mol. The van der Waals surface area contributed by atoms with Crippen molar-refractivity contribution in [3.63, 3.8) is 0 Å². The molecule has 0 unspecified atom stereocenters. The molecule has 1 rings (SSSR count). The summed E-state index contributed by atoms with van der Waals surface area (Å²) in [5.41, 5.74) is -2.92. The summed E-state index contributed by atoms with van der Waals surface area (Å²) in [5, 5.41) is 8.51. The predicted octanol–water partition coefficient (Wildman–Crippen LogP) is 4.22. The number of aliphatic carboxylic acids is 1. The zero-order valence-corrected chi connectivity index (χ0v) is 12.6. The molecule has 0 heterocycles. The minimum atomic E-state index is -3.23. The second-order valence-corrected chi connectivity index (χ2v) is 5.52. The number of hydrogen-bond acceptors (Lipinski definition) is 3. The predicted molar refractivity (Wildman–Crippen MR) is 77.2 cm³/mol. The molecule has 7 heteroatoms. The molecule has 21 heavy (non-hydrogen) atoms. The van der Waals surface area contributed by atoms with Gasteiger partial charge < -0.3 is 14.2 Å². The summed E-state index contributed by atoms with van der Waals surface area (Å²) in [6, 6.07) is 5.34. The second-order valence-electron chi connectivity index (χ2n) is 3.93. The maximum atomic E-state index is 14.3. The number of carbonyl (C=O) groups is 1. The molecular weight excluding hydrogens is 301 g/mol. The van der Waals surface area contributed by atoms with Crippen LogP contribution in [0.4, 0.5) is 8.78 Å². The van der Waals surface area contributed by atoms with Crippen LogP contribution >= 0.6 is 8.38 Å². The Morgan fingerprint density at radius 3 is 2.19 bits per heavy atom. The molecule has 1 aromatic carbocycles. The molecule has 4 nitrogen and oxygen atoms in total. The molecule has 0 saturated heterocycles. The van der Waals surface area contributed by atoms with Gasteiger partial charge in [0.25, 0.3) is 8.38 Å². The highest BCUT2D eigenvalue weighted by Crippen LogP contribution is 2.59. The molecule has 0 amide bonds. The lowest BCUT2D eigenvalue weighted by Crippen LogP contribution is -2.14. The van der Waals surface area contributed by atoms with E-state index in [9.17, 15) is 13.6 Å². The largest absolute Gasteiger partial charge is 0.478 e. The van der Waals surface area contributed by atoms with Crippen molar-refractivity contribution in [1.29, 1.82) is 0 Å². The van der Waals surface area contributed by atoms with E-state index >= 15 is 0 Å². The van der Waals surface area contributed by atoms with Crippen molar-refractivity contribution in [3.8, 4) is 0 Å². The lowest BCUT2D eigenvalue weighted by Gasteiger charge is -2.25. The molecule has 0 aromatic heterocycles. The Morgan fingerprint density at radius 1 is 1.24 bits per heavy atom. The van der Waals surface area contributed by atoms with Gasteiger partial charge in [0.2, 0.25) is 0 Å². The third-order valence-corrected chi connectivity index (χ3v) is 4.10. The molecule has 1 N–H and O–H groups in total. The average molecular weight is 318 g/mol. The third kappa shape index (κ3) is 5.16. The SMILES string of the molecule is CCOP(OCC)C(F)(F)c1ccc(/C=C/C(=O)O)cc1. The lowest BCUT2D eigenvalue weighted by atomic mass is 10.1. The summed E-state index contributed by atoms with van der Waals surface area (Å²) in [5.74, 6) is -1.10. The number of alkyl halides is 2. The van der Waals surface area contributed by atoms with Crippen molar-refractivity contribution in [2.45, 2.75) is 19.5 Å². The minimum absolute atomic E-state index is 0.140. The quantitative estimate of drug-likeness (QED) is 0.576. The molecule has 0 aliphatic carbocycles. The first-order valence-corrected chi connectivity index (χ1v) is 7.55. The Hall–Kier alpha value is -1.36. The van der Waals surface area contributed by atoms with Gasteiger partial charge in [0.15, 0.2) is 0 Å². The Kier molecular flexibility index (Phi) is 6.89. The molecule has 0 saturated carbocycles. The van der Waals surface area contributed by atoms with Crippen LogP contribution in [0.3, 0.4) is 0 Å². The highest BCUT2D eigenvalue weighted by Gasteiger charge is 2.44. The van der Waals surface area contributed by atoms with Gasteiger partial charge >= 0.3 is 11.6 Å². The van der Waals surface area contributed by atoms with Crippen LogP contribution in [0, 0.1) is 0 Å². The van der Waals surface area contributed by atoms with E-state index in [1.807, 2.05) is 0 Å². The number of halogens is 2. The zero-order valence-electron chi connectivity index (χ0n) is 11.8. The summed E-state index contributed by atoms with van der Waals surface area (Å²) in [4.78, 5) is 10.4. The van der Waals surface area contributed by atoms with Crippen LogP contribution in [0.2, 0.25) is 0 Å². The molecule has 0 aliphatic heterocycles.